The minimum absolute atomic E-state index is 0.0261. The Bertz CT molecular complexity index is 502. The van der Waals surface area contributed by atoms with E-state index in [4.69, 9.17) is 9.47 Å². The minimum Gasteiger partial charge on any atom is -0.497 e. The largest absolute Gasteiger partial charge is 0.497 e. The summed E-state index contributed by atoms with van der Waals surface area (Å²) in [5.74, 6) is 0.604. The average molecular weight is 294 g/mol. The van der Waals surface area contributed by atoms with E-state index in [0.29, 0.717) is 30.2 Å². The maximum Gasteiger partial charge on any atom is 0.258 e. The molecule has 0 radical (unpaired) electrons. The van der Waals surface area contributed by atoms with Gasteiger partial charge in [0, 0.05) is 19.2 Å². The molecule has 2 amide bonds. The van der Waals surface area contributed by atoms with Crippen LogP contribution in [0.5, 0.6) is 11.5 Å². The van der Waals surface area contributed by atoms with Crippen LogP contribution in [0.2, 0.25) is 0 Å². The molecule has 0 bridgehead atoms. The van der Waals surface area contributed by atoms with Crippen molar-refractivity contribution in [2.24, 2.45) is 0 Å². The van der Waals surface area contributed by atoms with Gasteiger partial charge in [0.1, 0.15) is 11.5 Å². The molecule has 0 aliphatic rings. The monoisotopic (exact) mass is 294 g/mol. The van der Waals surface area contributed by atoms with Crippen molar-refractivity contribution >= 4 is 11.8 Å². The number of rotatable bonds is 7. The van der Waals surface area contributed by atoms with Gasteiger partial charge in [0.15, 0.2) is 0 Å². The first-order chi connectivity index (χ1) is 10.1. The van der Waals surface area contributed by atoms with Crippen molar-refractivity contribution in [3.8, 4) is 11.5 Å². The molecular formula is C15H22N2O4. The molecule has 0 fully saturated rings. The van der Waals surface area contributed by atoms with Gasteiger partial charge in [-0.2, -0.15) is 0 Å². The highest BCUT2D eigenvalue weighted by Gasteiger charge is 2.20. The van der Waals surface area contributed by atoms with Gasteiger partial charge in [0.2, 0.25) is 5.91 Å². The number of nitrogens with one attached hydrogen (secondary N) is 1. The fourth-order valence-electron chi connectivity index (χ4n) is 1.90. The SMILES string of the molecule is CCNC(=O)CN(CC)C(=O)c1ccc(OC)cc1OC. The highest BCUT2D eigenvalue weighted by Crippen LogP contribution is 2.25. The zero-order valence-corrected chi connectivity index (χ0v) is 12.9. The lowest BCUT2D eigenvalue weighted by Gasteiger charge is -2.21. The van der Waals surface area contributed by atoms with E-state index in [1.54, 1.807) is 25.3 Å². The molecule has 0 atom stereocenters. The van der Waals surface area contributed by atoms with Gasteiger partial charge in [-0.3, -0.25) is 9.59 Å². The van der Waals surface area contributed by atoms with Gasteiger partial charge in [-0.15, -0.1) is 0 Å². The normalized spacial score (nSPS) is 9.90. The van der Waals surface area contributed by atoms with Crippen molar-refractivity contribution in [2.75, 3.05) is 33.9 Å². The molecule has 1 aromatic carbocycles. The minimum atomic E-state index is -0.247. The van der Waals surface area contributed by atoms with E-state index in [2.05, 4.69) is 5.32 Å². The Morgan fingerprint density at radius 3 is 2.43 bits per heavy atom. The predicted octanol–water partition coefficient (Wildman–Crippen LogP) is 1.30. The van der Waals surface area contributed by atoms with E-state index < -0.39 is 0 Å². The molecule has 0 aromatic heterocycles. The number of carbonyl (C=O) groups is 2. The Kier molecular flexibility index (Phi) is 6.52. The zero-order chi connectivity index (χ0) is 15.8. The number of hydrogen-bond acceptors (Lipinski definition) is 4. The van der Waals surface area contributed by atoms with Gasteiger partial charge in [0.05, 0.1) is 26.3 Å². The maximum absolute atomic E-state index is 12.5. The number of likely N-dealkylation sites (N-methyl/N-ethyl adjacent to an activating group) is 2. The number of ether oxygens (including phenoxy) is 2. The van der Waals surface area contributed by atoms with Crippen LogP contribution < -0.4 is 14.8 Å². The Hall–Kier alpha value is -2.24. The summed E-state index contributed by atoms with van der Waals surface area (Å²) in [6.07, 6.45) is 0. The van der Waals surface area contributed by atoms with Crippen LogP contribution in [-0.2, 0) is 4.79 Å². The van der Waals surface area contributed by atoms with Crippen LogP contribution in [-0.4, -0.2) is 50.6 Å². The van der Waals surface area contributed by atoms with Crippen LogP contribution in [0.4, 0.5) is 0 Å². The Labute approximate surface area is 125 Å². The van der Waals surface area contributed by atoms with Crippen LogP contribution in [0.3, 0.4) is 0 Å². The Morgan fingerprint density at radius 1 is 1.19 bits per heavy atom. The van der Waals surface area contributed by atoms with Crippen LogP contribution in [0.1, 0.15) is 24.2 Å². The third-order valence-electron chi connectivity index (χ3n) is 3.02. The summed E-state index contributed by atoms with van der Waals surface area (Å²) in [4.78, 5) is 25.6. The molecule has 0 unspecified atom stereocenters. The molecule has 21 heavy (non-hydrogen) atoms. The van der Waals surface area contributed by atoms with E-state index in [-0.39, 0.29) is 18.4 Å². The second-order valence-electron chi connectivity index (χ2n) is 4.34. The second-order valence-corrected chi connectivity index (χ2v) is 4.34. The molecule has 1 rings (SSSR count). The molecule has 0 heterocycles. The van der Waals surface area contributed by atoms with Gasteiger partial charge >= 0.3 is 0 Å². The topological polar surface area (TPSA) is 67.9 Å². The molecule has 0 aliphatic carbocycles. The van der Waals surface area contributed by atoms with Gasteiger partial charge in [-0.05, 0) is 26.0 Å². The van der Waals surface area contributed by atoms with Crippen LogP contribution >= 0.6 is 0 Å². The van der Waals surface area contributed by atoms with E-state index in [9.17, 15) is 9.59 Å². The summed E-state index contributed by atoms with van der Waals surface area (Å²) < 4.78 is 10.3. The summed E-state index contributed by atoms with van der Waals surface area (Å²) in [5.41, 5.74) is 0.407. The van der Waals surface area contributed by atoms with Gasteiger partial charge < -0.3 is 19.7 Å². The first-order valence-corrected chi connectivity index (χ1v) is 6.85. The molecule has 0 aliphatic heterocycles. The van der Waals surface area contributed by atoms with Crippen LogP contribution in [0.25, 0.3) is 0 Å². The summed E-state index contributed by atoms with van der Waals surface area (Å²) in [6.45, 7) is 4.66. The van der Waals surface area contributed by atoms with E-state index in [1.807, 2.05) is 13.8 Å². The van der Waals surface area contributed by atoms with Crippen molar-refractivity contribution in [3.63, 3.8) is 0 Å². The zero-order valence-electron chi connectivity index (χ0n) is 12.9. The standard InChI is InChI=1S/C15H22N2O4/c1-5-16-14(18)10-17(6-2)15(19)12-8-7-11(20-3)9-13(12)21-4/h7-9H,5-6,10H2,1-4H3,(H,16,18). The van der Waals surface area contributed by atoms with E-state index in [0.717, 1.165) is 0 Å². The first-order valence-electron chi connectivity index (χ1n) is 6.85. The number of amides is 2. The van der Waals surface area contributed by atoms with Crippen molar-refractivity contribution in [1.82, 2.24) is 10.2 Å². The summed E-state index contributed by atoms with van der Waals surface area (Å²) in [7, 11) is 3.04. The summed E-state index contributed by atoms with van der Waals surface area (Å²) in [5, 5.41) is 2.68. The number of benzene rings is 1. The van der Waals surface area contributed by atoms with Crippen molar-refractivity contribution < 1.29 is 19.1 Å². The Balaban J connectivity index is 2.96. The fourth-order valence-corrected chi connectivity index (χ4v) is 1.90. The highest BCUT2D eigenvalue weighted by atomic mass is 16.5. The quantitative estimate of drug-likeness (QED) is 0.823. The van der Waals surface area contributed by atoms with Gasteiger partial charge in [-0.1, -0.05) is 0 Å². The molecule has 1 aromatic rings. The number of hydrogen-bond donors (Lipinski definition) is 1. The lowest BCUT2D eigenvalue weighted by Crippen LogP contribution is -2.40. The molecule has 1 N–H and O–H groups in total. The molecule has 0 saturated carbocycles. The van der Waals surface area contributed by atoms with Crippen molar-refractivity contribution in [2.45, 2.75) is 13.8 Å². The molecule has 6 heteroatoms. The van der Waals surface area contributed by atoms with E-state index >= 15 is 0 Å². The fraction of sp³-hybridized carbons (Fsp3) is 0.467. The van der Waals surface area contributed by atoms with Gasteiger partial charge in [0.25, 0.3) is 5.91 Å². The summed E-state index contributed by atoms with van der Waals surface area (Å²) >= 11 is 0. The molecule has 0 spiro atoms. The molecular weight excluding hydrogens is 272 g/mol. The second kappa shape index (κ2) is 8.14. The summed E-state index contributed by atoms with van der Waals surface area (Å²) in [6, 6.07) is 4.98. The molecule has 116 valence electrons. The van der Waals surface area contributed by atoms with Gasteiger partial charge in [-0.25, -0.2) is 0 Å². The van der Waals surface area contributed by atoms with E-state index in [1.165, 1.54) is 12.0 Å². The third kappa shape index (κ3) is 4.37. The average Bonchev–Trinajstić information content (AvgIpc) is 2.51. The third-order valence-corrected chi connectivity index (χ3v) is 3.02. The number of carbonyl (C=O) groups excluding carboxylic acids is 2. The number of nitrogens with zero attached hydrogens (tertiary/aromatic N) is 1. The van der Waals surface area contributed by atoms with Crippen LogP contribution in [0.15, 0.2) is 18.2 Å². The highest BCUT2D eigenvalue weighted by molar-refractivity contribution is 5.99. The van der Waals surface area contributed by atoms with Crippen molar-refractivity contribution in [1.29, 1.82) is 0 Å². The van der Waals surface area contributed by atoms with Crippen LogP contribution in [0, 0.1) is 0 Å². The van der Waals surface area contributed by atoms with Crippen molar-refractivity contribution in [3.05, 3.63) is 23.8 Å². The molecule has 6 nitrogen and oxygen atoms in total. The lowest BCUT2D eigenvalue weighted by molar-refractivity contribution is -0.121. The Morgan fingerprint density at radius 2 is 1.90 bits per heavy atom. The predicted molar refractivity (Wildman–Crippen MR) is 79.8 cm³/mol. The maximum atomic E-state index is 12.5. The lowest BCUT2D eigenvalue weighted by atomic mass is 10.1. The first kappa shape index (κ1) is 16.8. The smallest absolute Gasteiger partial charge is 0.258 e. The number of methoxy groups -OCH3 is 2. The molecule has 0 saturated heterocycles.